The highest BCUT2D eigenvalue weighted by molar-refractivity contribution is 6.30. The van der Waals surface area contributed by atoms with Crippen molar-refractivity contribution in [1.29, 1.82) is 0 Å². The molecule has 0 radical (unpaired) electrons. The van der Waals surface area contributed by atoms with Gasteiger partial charge in [0.1, 0.15) is 23.0 Å². The molecule has 0 saturated heterocycles. The highest BCUT2D eigenvalue weighted by Crippen LogP contribution is 2.69. The van der Waals surface area contributed by atoms with E-state index in [0.29, 0.717) is 25.0 Å². The Bertz CT molecular complexity index is 1070. The molecule has 1 amide bonds. The van der Waals surface area contributed by atoms with Gasteiger partial charge < -0.3 is 14.8 Å². The maximum atomic E-state index is 13.4. The van der Waals surface area contributed by atoms with Crippen molar-refractivity contribution in [1.82, 2.24) is 10.3 Å². The predicted molar refractivity (Wildman–Crippen MR) is 116 cm³/mol. The summed E-state index contributed by atoms with van der Waals surface area (Å²) in [5.41, 5.74) is 1.00. The van der Waals surface area contributed by atoms with Crippen molar-refractivity contribution in [3.63, 3.8) is 0 Å². The molecule has 1 N–H and O–H groups in total. The first-order valence-corrected chi connectivity index (χ1v) is 10.9. The van der Waals surface area contributed by atoms with E-state index in [9.17, 15) is 18.8 Å². The summed E-state index contributed by atoms with van der Waals surface area (Å²) in [5.74, 6) is -0.543. The number of carbonyl (C=O) groups excluding carboxylic acids is 3. The number of hydrogen-bond donors (Lipinski definition) is 1. The second-order valence-corrected chi connectivity index (χ2v) is 9.48. The first-order chi connectivity index (χ1) is 15.2. The van der Waals surface area contributed by atoms with Crippen LogP contribution in [0.4, 0.5) is 4.39 Å². The third-order valence-corrected chi connectivity index (χ3v) is 6.52. The number of hydrogen-bond acceptors (Lipinski definition) is 5. The number of nitrogens with one attached hydrogen (secondary N) is 1. The molecule has 2 bridgehead atoms. The first kappa shape index (κ1) is 22.4. The molecule has 3 aliphatic carbocycles. The molecule has 1 aromatic carbocycles. The fourth-order valence-corrected chi connectivity index (χ4v) is 5.02. The van der Waals surface area contributed by atoms with Gasteiger partial charge in [0.15, 0.2) is 12.4 Å². The van der Waals surface area contributed by atoms with Crippen LogP contribution in [0.2, 0.25) is 5.02 Å². The van der Waals surface area contributed by atoms with Crippen molar-refractivity contribution in [2.45, 2.75) is 51.0 Å². The number of carbonyl (C=O) groups is 3. The van der Waals surface area contributed by atoms with Crippen LogP contribution in [-0.2, 0) is 16.0 Å². The number of Topliss-reactive ketones (excluding diaryl/α,β-unsaturated/α-hetero) is 2. The van der Waals surface area contributed by atoms with Gasteiger partial charge in [-0.3, -0.25) is 14.6 Å². The van der Waals surface area contributed by atoms with Crippen LogP contribution in [0.25, 0.3) is 0 Å². The normalized spacial score (nSPS) is 23.0. The van der Waals surface area contributed by atoms with Gasteiger partial charge in [-0.1, -0.05) is 11.6 Å². The smallest absolute Gasteiger partial charge is 0.258 e. The summed E-state index contributed by atoms with van der Waals surface area (Å²) < 4.78 is 18.8. The molecule has 5 rings (SSSR count). The number of benzene rings is 1. The average molecular weight is 459 g/mol. The predicted octanol–water partition coefficient (Wildman–Crippen LogP) is 4.09. The van der Waals surface area contributed by atoms with Gasteiger partial charge in [-0.25, -0.2) is 4.39 Å². The third-order valence-electron chi connectivity index (χ3n) is 6.22. The lowest BCUT2D eigenvalue weighted by Gasteiger charge is -2.70. The summed E-state index contributed by atoms with van der Waals surface area (Å²) in [5, 5.41) is 2.98. The minimum atomic E-state index is -0.602. The molecule has 3 aliphatic rings. The number of aromatic nitrogens is 1. The van der Waals surface area contributed by atoms with Crippen LogP contribution in [0.1, 0.15) is 55.1 Å². The van der Waals surface area contributed by atoms with Crippen LogP contribution in [0, 0.1) is 11.2 Å². The Morgan fingerprint density at radius 3 is 2.62 bits per heavy atom. The van der Waals surface area contributed by atoms with E-state index in [1.165, 1.54) is 12.1 Å². The second-order valence-electron chi connectivity index (χ2n) is 9.07. The molecule has 0 spiro atoms. The molecular weight excluding hydrogens is 435 g/mol. The van der Waals surface area contributed by atoms with Crippen molar-refractivity contribution in [2.24, 2.45) is 5.41 Å². The summed E-state index contributed by atoms with van der Waals surface area (Å²) in [4.78, 5) is 40.3. The number of ketones is 2. The number of nitrogens with zero attached hydrogens (tertiary/aromatic N) is 1. The highest BCUT2D eigenvalue weighted by atomic mass is 35.5. The van der Waals surface area contributed by atoms with E-state index in [4.69, 9.17) is 16.3 Å². The van der Waals surface area contributed by atoms with Crippen LogP contribution < -0.4 is 10.1 Å². The zero-order chi connectivity index (χ0) is 22.9. The van der Waals surface area contributed by atoms with E-state index in [2.05, 4.69) is 10.3 Å². The standard InChI is InChI=1S/C24H24ClFN2O4/c1-15(29)2-3-16-6-7-27-20(8-16)21(30)10-23-12-24(13-23,14-23)28-22(31)11-32-17-4-5-18(25)19(26)9-17/h4-9H,2-3,10-14H2,1H3,(H,28,31). The molecule has 3 saturated carbocycles. The lowest BCUT2D eigenvalue weighted by atomic mass is 9.38. The molecule has 3 fully saturated rings. The van der Waals surface area contributed by atoms with Gasteiger partial charge in [-0.2, -0.15) is 0 Å². The van der Waals surface area contributed by atoms with Gasteiger partial charge in [0.05, 0.1) is 5.02 Å². The van der Waals surface area contributed by atoms with E-state index in [1.807, 2.05) is 6.07 Å². The van der Waals surface area contributed by atoms with Crippen molar-refractivity contribution in [3.05, 3.63) is 58.6 Å². The first-order valence-electron chi connectivity index (χ1n) is 10.5. The molecule has 2 aromatic rings. The number of amides is 1. The number of ether oxygens (including phenoxy) is 1. The minimum Gasteiger partial charge on any atom is -0.484 e. The highest BCUT2D eigenvalue weighted by Gasteiger charge is 2.68. The van der Waals surface area contributed by atoms with Crippen molar-refractivity contribution in [3.8, 4) is 5.75 Å². The summed E-state index contributed by atoms with van der Waals surface area (Å²) in [6.07, 6.45) is 5.29. The van der Waals surface area contributed by atoms with Crippen LogP contribution >= 0.6 is 11.6 Å². The quantitative estimate of drug-likeness (QED) is 0.542. The van der Waals surface area contributed by atoms with Crippen molar-refractivity contribution in [2.75, 3.05) is 6.61 Å². The maximum absolute atomic E-state index is 13.4. The molecule has 0 unspecified atom stereocenters. The zero-order valence-corrected chi connectivity index (χ0v) is 18.5. The van der Waals surface area contributed by atoms with Crippen molar-refractivity contribution >= 4 is 29.1 Å². The third kappa shape index (κ3) is 4.83. The zero-order valence-electron chi connectivity index (χ0n) is 17.7. The Kier molecular flexibility index (Phi) is 6.03. The maximum Gasteiger partial charge on any atom is 0.258 e. The van der Waals surface area contributed by atoms with Crippen LogP contribution in [0.5, 0.6) is 5.75 Å². The molecule has 1 heterocycles. The Labute approximate surface area is 190 Å². The lowest BCUT2D eigenvalue weighted by molar-refractivity contribution is -0.164. The number of halogens is 2. The second kappa shape index (κ2) is 8.62. The fraction of sp³-hybridized carbons (Fsp3) is 0.417. The molecule has 32 heavy (non-hydrogen) atoms. The average Bonchev–Trinajstić information content (AvgIpc) is 2.70. The Morgan fingerprint density at radius 1 is 1.19 bits per heavy atom. The Hall–Kier alpha value is -2.80. The summed E-state index contributed by atoms with van der Waals surface area (Å²) >= 11 is 5.63. The summed E-state index contributed by atoms with van der Waals surface area (Å²) in [6.45, 7) is 1.33. The van der Waals surface area contributed by atoms with Gasteiger partial charge in [0, 0.05) is 30.6 Å². The van der Waals surface area contributed by atoms with E-state index >= 15 is 0 Å². The number of aryl methyl sites for hydroxylation is 1. The van der Waals surface area contributed by atoms with Crippen LogP contribution in [-0.4, -0.2) is 34.6 Å². The fourth-order valence-electron chi connectivity index (χ4n) is 4.90. The molecule has 168 valence electrons. The van der Waals surface area contributed by atoms with Crippen molar-refractivity contribution < 1.29 is 23.5 Å². The van der Waals surface area contributed by atoms with E-state index < -0.39 is 5.82 Å². The molecule has 1 aromatic heterocycles. The summed E-state index contributed by atoms with van der Waals surface area (Å²) in [6, 6.07) is 7.61. The molecule has 0 atom stereocenters. The molecule has 6 nitrogen and oxygen atoms in total. The molecular formula is C24H24ClFN2O4. The number of rotatable bonds is 10. The molecule has 0 aliphatic heterocycles. The summed E-state index contributed by atoms with van der Waals surface area (Å²) in [7, 11) is 0. The van der Waals surface area contributed by atoms with Gasteiger partial charge >= 0.3 is 0 Å². The Balaban J connectivity index is 1.23. The van der Waals surface area contributed by atoms with Gasteiger partial charge in [0.25, 0.3) is 5.91 Å². The van der Waals surface area contributed by atoms with Gasteiger partial charge in [-0.15, -0.1) is 0 Å². The van der Waals surface area contributed by atoms with E-state index in [-0.39, 0.29) is 45.8 Å². The number of pyridine rings is 1. The molecule has 8 heteroatoms. The largest absolute Gasteiger partial charge is 0.484 e. The van der Waals surface area contributed by atoms with E-state index in [0.717, 1.165) is 30.9 Å². The van der Waals surface area contributed by atoms with Gasteiger partial charge in [-0.05, 0) is 67.9 Å². The SMILES string of the molecule is CC(=O)CCc1ccnc(C(=O)CC23CC(NC(=O)COc4ccc(Cl)c(F)c4)(C2)C3)c1. The minimum absolute atomic E-state index is 0.00602. The van der Waals surface area contributed by atoms with E-state index in [1.54, 1.807) is 19.2 Å². The van der Waals surface area contributed by atoms with Crippen LogP contribution in [0.15, 0.2) is 36.5 Å². The monoisotopic (exact) mass is 458 g/mol. The topological polar surface area (TPSA) is 85.4 Å². The van der Waals surface area contributed by atoms with Crippen LogP contribution in [0.3, 0.4) is 0 Å². The van der Waals surface area contributed by atoms with Gasteiger partial charge in [0.2, 0.25) is 0 Å². The lowest BCUT2D eigenvalue weighted by Crippen LogP contribution is -2.75. The Morgan fingerprint density at radius 2 is 1.94 bits per heavy atom.